The van der Waals surface area contributed by atoms with E-state index in [1.54, 1.807) is 6.92 Å². The Morgan fingerprint density at radius 3 is 2.60 bits per heavy atom. The van der Waals surface area contributed by atoms with Gasteiger partial charge in [-0.3, -0.25) is 0 Å². The van der Waals surface area contributed by atoms with Gasteiger partial charge in [0, 0.05) is 24.5 Å². The largest absolute Gasteiger partial charge is 0.389 e. The van der Waals surface area contributed by atoms with Crippen molar-refractivity contribution < 1.29 is 13.2 Å². The minimum atomic E-state index is -4.04. The monoisotopic (exact) mass is 239 g/mol. The predicted octanol–water partition coefficient (Wildman–Crippen LogP) is 2.99. The van der Waals surface area contributed by atoms with Crippen molar-refractivity contribution >= 4 is 16.7 Å². The summed E-state index contributed by atoms with van der Waals surface area (Å²) < 4.78 is 39.2. The first-order chi connectivity index (χ1) is 6.97. The first-order valence-corrected chi connectivity index (χ1v) is 5.35. The van der Waals surface area contributed by atoms with Crippen molar-refractivity contribution in [1.82, 2.24) is 9.36 Å². The van der Waals surface area contributed by atoms with E-state index in [1.165, 1.54) is 11.5 Å². The van der Waals surface area contributed by atoms with Crippen LogP contribution in [0.5, 0.6) is 0 Å². The van der Waals surface area contributed by atoms with Crippen LogP contribution in [0, 0.1) is 6.92 Å². The fourth-order valence-corrected chi connectivity index (χ4v) is 1.61. The number of aromatic nitrogens is 2. The molecule has 86 valence electrons. The van der Waals surface area contributed by atoms with E-state index in [0.29, 0.717) is 23.9 Å². The molecule has 0 bridgehead atoms. The third-order valence-corrected chi connectivity index (χ3v) is 2.45. The van der Waals surface area contributed by atoms with Gasteiger partial charge in [0.2, 0.25) is 5.13 Å². The van der Waals surface area contributed by atoms with Crippen molar-refractivity contribution in [1.29, 1.82) is 0 Å². The third kappa shape index (κ3) is 5.56. The van der Waals surface area contributed by atoms with E-state index in [4.69, 9.17) is 0 Å². The minimum absolute atomic E-state index is 0.147. The van der Waals surface area contributed by atoms with Gasteiger partial charge < -0.3 is 5.32 Å². The van der Waals surface area contributed by atoms with E-state index in [9.17, 15) is 13.2 Å². The second kappa shape index (κ2) is 5.29. The van der Waals surface area contributed by atoms with E-state index in [2.05, 4.69) is 14.7 Å². The molecule has 0 atom stereocenters. The fraction of sp³-hybridized carbons (Fsp3) is 0.750. The highest BCUT2D eigenvalue weighted by molar-refractivity contribution is 7.09. The number of rotatable bonds is 5. The molecule has 1 heterocycles. The second-order valence-corrected chi connectivity index (χ2v) is 3.90. The molecule has 0 radical (unpaired) electrons. The molecule has 1 aromatic rings. The van der Waals surface area contributed by atoms with Gasteiger partial charge in [0.1, 0.15) is 5.82 Å². The van der Waals surface area contributed by atoms with Gasteiger partial charge in [-0.2, -0.15) is 17.5 Å². The smallest absolute Gasteiger partial charge is 0.360 e. The molecule has 1 rings (SSSR count). The Kier molecular flexibility index (Phi) is 4.31. The number of nitrogens with one attached hydrogen (secondary N) is 1. The van der Waals surface area contributed by atoms with Gasteiger partial charge in [-0.25, -0.2) is 4.98 Å². The summed E-state index contributed by atoms with van der Waals surface area (Å²) in [5.74, 6) is 0.679. The van der Waals surface area contributed by atoms with E-state index in [0.717, 1.165) is 0 Å². The van der Waals surface area contributed by atoms with Gasteiger partial charge in [0.05, 0.1) is 0 Å². The highest BCUT2D eigenvalue weighted by Crippen LogP contribution is 2.22. The molecule has 1 aromatic heterocycles. The average Bonchev–Trinajstić information content (AvgIpc) is 2.49. The van der Waals surface area contributed by atoms with Gasteiger partial charge in [0.15, 0.2) is 0 Å². The fourth-order valence-electron chi connectivity index (χ4n) is 1.01. The Bertz CT molecular complexity index is 298. The summed E-state index contributed by atoms with van der Waals surface area (Å²) in [4.78, 5) is 4.03. The zero-order chi connectivity index (χ0) is 11.3. The molecular weight excluding hydrogens is 227 g/mol. The van der Waals surface area contributed by atoms with E-state index >= 15 is 0 Å². The SMILES string of the molecule is Cc1nsc(NCCCCC(F)(F)F)n1. The van der Waals surface area contributed by atoms with Crippen LogP contribution in [-0.2, 0) is 0 Å². The predicted molar refractivity (Wildman–Crippen MR) is 53.0 cm³/mol. The molecule has 0 aliphatic carbocycles. The lowest BCUT2D eigenvalue weighted by molar-refractivity contribution is -0.135. The molecule has 15 heavy (non-hydrogen) atoms. The molecule has 0 aliphatic heterocycles. The molecule has 0 saturated carbocycles. The molecule has 0 unspecified atom stereocenters. The number of aryl methyl sites for hydroxylation is 1. The van der Waals surface area contributed by atoms with Gasteiger partial charge in [-0.1, -0.05) is 0 Å². The van der Waals surface area contributed by atoms with Crippen molar-refractivity contribution in [3.05, 3.63) is 5.82 Å². The molecule has 7 heteroatoms. The quantitative estimate of drug-likeness (QED) is 0.803. The van der Waals surface area contributed by atoms with Crippen molar-refractivity contribution in [3.8, 4) is 0 Å². The van der Waals surface area contributed by atoms with Gasteiger partial charge in [-0.15, -0.1) is 0 Å². The maximum absolute atomic E-state index is 11.8. The Morgan fingerprint density at radius 2 is 2.07 bits per heavy atom. The number of hydrogen-bond donors (Lipinski definition) is 1. The van der Waals surface area contributed by atoms with Crippen molar-refractivity contribution in [2.45, 2.75) is 32.4 Å². The highest BCUT2D eigenvalue weighted by Gasteiger charge is 2.25. The Labute approximate surface area is 89.9 Å². The van der Waals surface area contributed by atoms with Crippen LogP contribution in [-0.4, -0.2) is 22.1 Å². The molecule has 0 spiro atoms. The molecule has 0 fully saturated rings. The lowest BCUT2D eigenvalue weighted by Gasteiger charge is -2.05. The molecule has 1 N–H and O–H groups in total. The number of anilines is 1. The van der Waals surface area contributed by atoms with Crippen molar-refractivity contribution in [2.24, 2.45) is 0 Å². The standard InChI is InChI=1S/C8H12F3N3S/c1-6-13-7(15-14-6)12-5-3-2-4-8(9,10)11/h2-5H2,1H3,(H,12,13,14). The van der Waals surface area contributed by atoms with Crippen LogP contribution in [0.4, 0.5) is 18.3 Å². The Hall–Kier alpha value is -0.850. The van der Waals surface area contributed by atoms with Crippen LogP contribution in [0.15, 0.2) is 0 Å². The molecular formula is C8H12F3N3S. The molecule has 0 amide bonds. The summed E-state index contributed by atoms with van der Waals surface area (Å²) in [5, 5.41) is 3.60. The van der Waals surface area contributed by atoms with Gasteiger partial charge in [-0.05, 0) is 19.8 Å². The Balaban J connectivity index is 2.07. The van der Waals surface area contributed by atoms with E-state index in [1.807, 2.05) is 0 Å². The highest BCUT2D eigenvalue weighted by atomic mass is 32.1. The number of unbranched alkanes of at least 4 members (excludes halogenated alkanes) is 1. The molecule has 0 aromatic carbocycles. The number of alkyl halides is 3. The first kappa shape index (κ1) is 12.2. The van der Waals surface area contributed by atoms with Crippen molar-refractivity contribution in [3.63, 3.8) is 0 Å². The summed E-state index contributed by atoms with van der Waals surface area (Å²) in [5.41, 5.74) is 0. The first-order valence-electron chi connectivity index (χ1n) is 4.58. The van der Waals surface area contributed by atoms with Crippen LogP contribution in [0.1, 0.15) is 25.1 Å². The summed E-state index contributed by atoms with van der Waals surface area (Å²) in [6.07, 6.45) is -4.13. The molecule has 3 nitrogen and oxygen atoms in total. The zero-order valence-electron chi connectivity index (χ0n) is 8.26. The van der Waals surface area contributed by atoms with Gasteiger partial charge >= 0.3 is 6.18 Å². The normalized spacial score (nSPS) is 11.7. The van der Waals surface area contributed by atoms with Crippen LogP contribution in [0.2, 0.25) is 0 Å². The average molecular weight is 239 g/mol. The van der Waals surface area contributed by atoms with Crippen LogP contribution in [0.3, 0.4) is 0 Å². The maximum atomic E-state index is 11.8. The van der Waals surface area contributed by atoms with Crippen LogP contribution >= 0.6 is 11.5 Å². The van der Waals surface area contributed by atoms with Crippen LogP contribution in [0.25, 0.3) is 0 Å². The topological polar surface area (TPSA) is 37.8 Å². The zero-order valence-corrected chi connectivity index (χ0v) is 9.08. The summed E-state index contributed by atoms with van der Waals surface area (Å²) in [6.45, 7) is 2.27. The second-order valence-electron chi connectivity index (χ2n) is 3.15. The lowest BCUT2D eigenvalue weighted by Crippen LogP contribution is -2.08. The lowest BCUT2D eigenvalue weighted by atomic mass is 10.2. The van der Waals surface area contributed by atoms with Crippen LogP contribution < -0.4 is 5.32 Å². The van der Waals surface area contributed by atoms with E-state index < -0.39 is 12.6 Å². The summed E-state index contributed by atoms with van der Waals surface area (Å²) in [6, 6.07) is 0. The minimum Gasteiger partial charge on any atom is -0.360 e. The Morgan fingerprint density at radius 1 is 1.33 bits per heavy atom. The number of hydrogen-bond acceptors (Lipinski definition) is 4. The summed E-state index contributed by atoms with van der Waals surface area (Å²) >= 11 is 1.22. The maximum Gasteiger partial charge on any atom is 0.389 e. The van der Waals surface area contributed by atoms with E-state index in [-0.39, 0.29) is 6.42 Å². The van der Waals surface area contributed by atoms with Gasteiger partial charge in [0.25, 0.3) is 0 Å². The van der Waals surface area contributed by atoms with Crippen molar-refractivity contribution in [2.75, 3.05) is 11.9 Å². The summed E-state index contributed by atoms with van der Waals surface area (Å²) in [7, 11) is 0. The molecule has 0 saturated heterocycles. The number of nitrogens with zero attached hydrogens (tertiary/aromatic N) is 2. The third-order valence-electron chi connectivity index (χ3n) is 1.69. The number of halogens is 3. The molecule has 0 aliphatic rings.